The van der Waals surface area contributed by atoms with Crippen LogP contribution in [0.4, 0.5) is 5.69 Å². The van der Waals surface area contributed by atoms with E-state index < -0.39 is 12.6 Å². The molecule has 0 aromatic heterocycles. The van der Waals surface area contributed by atoms with Crippen LogP contribution in [0.1, 0.15) is 38.2 Å². The van der Waals surface area contributed by atoms with Crippen LogP contribution in [-0.4, -0.2) is 46.8 Å². The maximum atomic E-state index is 13.6. The number of carbonyl (C=O) groups excluding carboxylic acids is 1. The predicted molar refractivity (Wildman–Crippen MR) is 133 cm³/mol. The van der Waals surface area contributed by atoms with Gasteiger partial charge in [0, 0.05) is 6.04 Å². The summed E-state index contributed by atoms with van der Waals surface area (Å²) in [6, 6.07) is 15.0. The zero-order valence-corrected chi connectivity index (χ0v) is 20.1. The summed E-state index contributed by atoms with van der Waals surface area (Å²) >= 11 is 1.38. The minimum absolute atomic E-state index is 0.0383. The van der Waals surface area contributed by atoms with Crippen LogP contribution in [0, 0.1) is 5.92 Å². The highest BCUT2D eigenvalue weighted by Crippen LogP contribution is 2.40. The van der Waals surface area contributed by atoms with Crippen LogP contribution >= 0.6 is 11.8 Å². The van der Waals surface area contributed by atoms with Crippen LogP contribution < -0.4 is 9.47 Å². The Bertz CT molecular complexity index is 1120. The first kappa shape index (κ1) is 23.9. The molecular formula is C26H28N2O5S. The molecule has 1 heterocycles. The molecule has 178 valence electrons. The summed E-state index contributed by atoms with van der Waals surface area (Å²) in [4.78, 5) is 31.7. The maximum absolute atomic E-state index is 13.6. The molecule has 0 unspecified atom stereocenters. The summed E-state index contributed by atoms with van der Waals surface area (Å²) in [7, 11) is 1.49. The van der Waals surface area contributed by atoms with Gasteiger partial charge < -0.3 is 14.6 Å². The molecule has 2 aromatic carbocycles. The number of amides is 1. The van der Waals surface area contributed by atoms with Gasteiger partial charge in [-0.25, -0.2) is 9.79 Å². The lowest BCUT2D eigenvalue weighted by Crippen LogP contribution is -2.44. The molecule has 0 spiro atoms. The van der Waals surface area contributed by atoms with Crippen LogP contribution in [0.3, 0.4) is 0 Å². The second kappa shape index (κ2) is 10.8. The lowest BCUT2D eigenvalue weighted by molar-refractivity contribution is -0.139. The molecule has 1 N–H and O–H groups in total. The zero-order chi connectivity index (χ0) is 24.1. The van der Waals surface area contributed by atoms with Gasteiger partial charge in [-0.3, -0.25) is 9.69 Å². The van der Waals surface area contributed by atoms with Crippen molar-refractivity contribution in [2.24, 2.45) is 10.9 Å². The molecule has 2 atom stereocenters. The summed E-state index contributed by atoms with van der Waals surface area (Å²) < 4.78 is 10.6. The van der Waals surface area contributed by atoms with E-state index in [1.165, 1.54) is 25.3 Å². The minimum atomic E-state index is -1.07. The standard InChI is InChI=1S/C26H28N2O5S/c1-17-8-6-7-11-20(17)28-25(31)23(34-26(28)27-19-9-4-3-5-10-19)15-18-12-13-21(22(14-18)32-2)33-16-24(29)30/h3-5,9-10,12-15,17,20H,6-8,11,16H2,1-2H3,(H,29,30)/b23-15-,27-26?/t17-,20+/m1/s1. The van der Waals surface area contributed by atoms with Crippen molar-refractivity contribution in [3.63, 3.8) is 0 Å². The molecular weight excluding hydrogens is 452 g/mol. The summed E-state index contributed by atoms with van der Waals surface area (Å²) in [5.41, 5.74) is 1.57. The fourth-order valence-corrected chi connectivity index (χ4v) is 5.38. The lowest BCUT2D eigenvalue weighted by atomic mass is 9.85. The number of aliphatic carboxylic acids is 1. The predicted octanol–water partition coefficient (Wildman–Crippen LogP) is 5.34. The Morgan fingerprint density at radius 2 is 1.94 bits per heavy atom. The Hall–Kier alpha value is -3.26. The summed E-state index contributed by atoms with van der Waals surface area (Å²) in [6.45, 7) is 1.75. The number of ether oxygens (including phenoxy) is 2. The molecule has 1 aliphatic heterocycles. The Morgan fingerprint density at radius 3 is 2.65 bits per heavy atom. The number of aliphatic imine (C=N–C) groups is 1. The highest BCUT2D eigenvalue weighted by molar-refractivity contribution is 8.18. The molecule has 0 radical (unpaired) electrons. The van der Waals surface area contributed by atoms with Gasteiger partial charge in [0.1, 0.15) is 0 Å². The highest BCUT2D eigenvalue weighted by Gasteiger charge is 2.41. The number of benzene rings is 2. The van der Waals surface area contributed by atoms with Crippen molar-refractivity contribution in [3.8, 4) is 11.5 Å². The van der Waals surface area contributed by atoms with Crippen LogP contribution in [0.5, 0.6) is 11.5 Å². The van der Waals surface area contributed by atoms with Crippen molar-refractivity contribution in [2.75, 3.05) is 13.7 Å². The maximum Gasteiger partial charge on any atom is 0.341 e. The number of hydrogen-bond donors (Lipinski definition) is 1. The Kier molecular flexibility index (Phi) is 7.57. The van der Waals surface area contributed by atoms with Crippen molar-refractivity contribution >= 4 is 40.6 Å². The van der Waals surface area contributed by atoms with Crippen molar-refractivity contribution in [1.29, 1.82) is 0 Å². The minimum Gasteiger partial charge on any atom is -0.493 e. The van der Waals surface area contributed by atoms with Gasteiger partial charge in [0.2, 0.25) is 0 Å². The molecule has 1 aliphatic carbocycles. The summed E-state index contributed by atoms with van der Waals surface area (Å²) in [5.74, 6) is 0.0415. The van der Waals surface area contributed by atoms with E-state index in [9.17, 15) is 9.59 Å². The monoisotopic (exact) mass is 480 g/mol. The number of nitrogens with zero attached hydrogens (tertiary/aromatic N) is 2. The number of carboxylic acids is 1. The van der Waals surface area contributed by atoms with Gasteiger partial charge in [0.05, 0.1) is 17.7 Å². The van der Waals surface area contributed by atoms with Gasteiger partial charge in [-0.05, 0) is 66.4 Å². The highest BCUT2D eigenvalue weighted by atomic mass is 32.2. The van der Waals surface area contributed by atoms with Crippen molar-refractivity contribution < 1.29 is 24.2 Å². The average molecular weight is 481 g/mol. The van der Waals surface area contributed by atoms with Gasteiger partial charge in [-0.1, -0.05) is 44.0 Å². The Balaban J connectivity index is 1.66. The molecule has 2 fully saturated rings. The molecule has 8 heteroatoms. The number of rotatable bonds is 7. The largest absolute Gasteiger partial charge is 0.493 e. The van der Waals surface area contributed by atoms with Crippen LogP contribution in [0.15, 0.2) is 58.4 Å². The summed E-state index contributed by atoms with van der Waals surface area (Å²) in [6.07, 6.45) is 6.20. The number of methoxy groups -OCH3 is 1. The molecule has 2 aliphatic rings. The van der Waals surface area contributed by atoms with E-state index in [2.05, 4.69) is 6.92 Å². The zero-order valence-electron chi connectivity index (χ0n) is 19.3. The molecule has 0 bridgehead atoms. The van der Waals surface area contributed by atoms with E-state index in [1.54, 1.807) is 18.2 Å². The van der Waals surface area contributed by atoms with Crippen LogP contribution in [0.25, 0.3) is 6.08 Å². The molecule has 7 nitrogen and oxygen atoms in total. The quantitative estimate of drug-likeness (QED) is 0.538. The number of amidine groups is 1. The molecule has 1 amide bonds. The van der Waals surface area contributed by atoms with Gasteiger partial charge in [0.25, 0.3) is 5.91 Å². The van der Waals surface area contributed by atoms with Crippen molar-refractivity contribution in [2.45, 2.75) is 38.6 Å². The van der Waals surface area contributed by atoms with Gasteiger partial charge in [-0.15, -0.1) is 0 Å². The van der Waals surface area contributed by atoms with Crippen LogP contribution in [-0.2, 0) is 9.59 Å². The van der Waals surface area contributed by atoms with E-state index in [4.69, 9.17) is 19.6 Å². The topological polar surface area (TPSA) is 88.4 Å². The fourth-order valence-electron chi connectivity index (χ4n) is 4.33. The average Bonchev–Trinajstić information content (AvgIpc) is 3.13. The summed E-state index contributed by atoms with van der Waals surface area (Å²) in [5, 5.41) is 9.57. The Morgan fingerprint density at radius 1 is 1.18 bits per heavy atom. The molecule has 4 rings (SSSR count). The van der Waals surface area contributed by atoms with E-state index >= 15 is 0 Å². The first-order valence-corrected chi connectivity index (χ1v) is 12.2. The number of carboxylic acid groups (broad SMARTS) is 1. The Labute approximate surface area is 203 Å². The number of carbonyl (C=O) groups is 2. The van der Waals surface area contributed by atoms with Gasteiger partial charge in [0.15, 0.2) is 23.3 Å². The molecule has 1 saturated heterocycles. The third-order valence-corrected chi connectivity index (χ3v) is 7.04. The molecule has 1 saturated carbocycles. The number of hydrogen-bond acceptors (Lipinski definition) is 6. The van der Waals surface area contributed by atoms with Crippen molar-refractivity contribution in [3.05, 3.63) is 59.0 Å². The fraction of sp³-hybridized carbons (Fsp3) is 0.346. The van der Waals surface area contributed by atoms with E-state index in [-0.39, 0.29) is 11.9 Å². The van der Waals surface area contributed by atoms with Crippen molar-refractivity contribution in [1.82, 2.24) is 4.90 Å². The molecule has 2 aromatic rings. The normalized spacial score (nSPS) is 22.9. The van der Waals surface area contributed by atoms with Crippen LogP contribution in [0.2, 0.25) is 0 Å². The van der Waals surface area contributed by atoms with Gasteiger partial charge >= 0.3 is 5.97 Å². The third-order valence-electron chi connectivity index (χ3n) is 6.05. The van der Waals surface area contributed by atoms with E-state index in [0.717, 1.165) is 30.5 Å². The first-order valence-electron chi connectivity index (χ1n) is 11.4. The SMILES string of the molecule is COc1cc(/C=C2\SC(=Nc3ccccc3)N([C@H]3CCCC[C@H]3C)C2=O)ccc1OCC(=O)O. The second-order valence-corrected chi connectivity index (χ2v) is 9.45. The van der Waals surface area contributed by atoms with Gasteiger partial charge in [-0.2, -0.15) is 0 Å². The first-order chi connectivity index (χ1) is 16.5. The number of para-hydroxylation sites is 1. The number of thioether (sulfide) groups is 1. The molecule has 34 heavy (non-hydrogen) atoms. The van der Waals surface area contributed by atoms with E-state index in [0.29, 0.717) is 27.5 Å². The third kappa shape index (κ3) is 5.44. The lowest BCUT2D eigenvalue weighted by Gasteiger charge is -2.35. The van der Waals surface area contributed by atoms with E-state index in [1.807, 2.05) is 41.3 Å². The smallest absolute Gasteiger partial charge is 0.341 e. The second-order valence-electron chi connectivity index (χ2n) is 8.44.